The fourth-order valence-corrected chi connectivity index (χ4v) is 2.60. The van der Waals surface area contributed by atoms with Gasteiger partial charge in [0.25, 0.3) is 0 Å². The molecular formula is C18H21NO2. The molecule has 2 N–H and O–H groups in total. The molecule has 0 radical (unpaired) electrons. The Morgan fingerprint density at radius 2 is 2.00 bits per heavy atom. The van der Waals surface area contributed by atoms with Crippen LogP contribution in [0.4, 0.5) is 0 Å². The molecule has 0 bridgehead atoms. The molecule has 110 valence electrons. The van der Waals surface area contributed by atoms with Gasteiger partial charge in [0.2, 0.25) is 0 Å². The van der Waals surface area contributed by atoms with Crippen molar-refractivity contribution in [1.29, 1.82) is 0 Å². The zero-order valence-electron chi connectivity index (χ0n) is 12.5. The van der Waals surface area contributed by atoms with Crippen molar-refractivity contribution in [2.75, 3.05) is 6.61 Å². The number of fused-ring (bicyclic) bond motifs is 1. The zero-order valence-corrected chi connectivity index (χ0v) is 12.5. The predicted octanol–water partition coefficient (Wildman–Crippen LogP) is 3.40. The van der Waals surface area contributed by atoms with Crippen LogP contribution in [0.1, 0.15) is 29.7 Å². The van der Waals surface area contributed by atoms with Crippen LogP contribution in [0.3, 0.4) is 0 Å². The van der Waals surface area contributed by atoms with Crippen molar-refractivity contribution in [3.63, 3.8) is 0 Å². The Hall–Kier alpha value is -2.00. The van der Waals surface area contributed by atoms with Gasteiger partial charge < -0.3 is 15.2 Å². The molecule has 1 heterocycles. The van der Waals surface area contributed by atoms with E-state index in [0.29, 0.717) is 6.61 Å². The lowest BCUT2D eigenvalue weighted by molar-refractivity contribution is 0.148. The average Bonchev–Trinajstić information content (AvgIpc) is 2.87. The van der Waals surface area contributed by atoms with Crippen LogP contribution in [-0.4, -0.2) is 12.7 Å². The summed E-state index contributed by atoms with van der Waals surface area (Å²) in [6, 6.07) is 14.3. The van der Waals surface area contributed by atoms with Gasteiger partial charge in [-0.05, 0) is 43.2 Å². The van der Waals surface area contributed by atoms with Gasteiger partial charge in [-0.3, -0.25) is 0 Å². The molecule has 0 fully saturated rings. The second-order valence-corrected chi connectivity index (χ2v) is 5.72. The maximum Gasteiger partial charge on any atom is 0.137 e. The first-order valence-electron chi connectivity index (χ1n) is 7.36. The number of aryl methyl sites for hydroxylation is 1. The van der Waals surface area contributed by atoms with Crippen LogP contribution >= 0.6 is 0 Å². The van der Waals surface area contributed by atoms with Crippen LogP contribution < -0.4 is 15.2 Å². The van der Waals surface area contributed by atoms with E-state index in [1.807, 2.05) is 37.3 Å². The summed E-state index contributed by atoms with van der Waals surface area (Å²) >= 11 is 0. The van der Waals surface area contributed by atoms with Crippen molar-refractivity contribution >= 4 is 0 Å². The smallest absolute Gasteiger partial charge is 0.137 e. The largest absolute Gasteiger partial charge is 0.490 e. The SMILES string of the molecule is Cc1ccc2c(c1)CC(COc1ccc([C@@H](C)N)cc1)O2. The van der Waals surface area contributed by atoms with Crippen molar-refractivity contribution in [2.24, 2.45) is 5.73 Å². The van der Waals surface area contributed by atoms with Gasteiger partial charge in [-0.25, -0.2) is 0 Å². The molecular weight excluding hydrogens is 262 g/mol. The average molecular weight is 283 g/mol. The fraction of sp³-hybridized carbons (Fsp3) is 0.333. The third-order valence-corrected chi connectivity index (χ3v) is 3.80. The van der Waals surface area contributed by atoms with Gasteiger partial charge in [0.1, 0.15) is 24.2 Å². The minimum absolute atomic E-state index is 0.0509. The summed E-state index contributed by atoms with van der Waals surface area (Å²) < 4.78 is 11.7. The first kappa shape index (κ1) is 14.0. The van der Waals surface area contributed by atoms with E-state index in [1.165, 1.54) is 11.1 Å². The topological polar surface area (TPSA) is 44.5 Å². The highest BCUT2D eigenvalue weighted by atomic mass is 16.5. The van der Waals surface area contributed by atoms with E-state index >= 15 is 0 Å². The Balaban J connectivity index is 1.57. The summed E-state index contributed by atoms with van der Waals surface area (Å²) in [5.74, 6) is 1.84. The summed E-state index contributed by atoms with van der Waals surface area (Å²) in [5.41, 5.74) is 9.49. The van der Waals surface area contributed by atoms with E-state index < -0.39 is 0 Å². The number of hydrogen-bond acceptors (Lipinski definition) is 3. The number of nitrogens with two attached hydrogens (primary N) is 1. The molecule has 0 aromatic heterocycles. The van der Waals surface area contributed by atoms with E-state index in [2.05, 4.69) is 19.1 Å². The lowest BCUT2D eigenvalue weighted by Crippen LogP contribution is -2.22. The van der Waals surface area contributed by atoms with Gasteiger partial charge in [0.05, 0.1) is 0 Å². The van der Waals surface area contributed by atoms with Gasteiger partial charge in [0, 0.05) is 12.5 Å². The van der Waals surface area contributed by atoms with Gasteiger partial charge >= 0.3 is 0 Å². The quantitative estimate of drug-likeness (QED) is 0.935. The minimum Gasteiger partial charge on any atom is -0.490 e. The first-order valence-corrected chi connectivity index (χ1v) is 7.36. The van der Waals surface area contributed by atoms with Crippen molar-refractivity contribution < 1.29 is 9.47 Å². The molecule has 1 unspecified atom stereocenters. The maximum absolute atomic E-state index is 5.90. The Bertz CT molecular complexity index is 620. The van der Waals surface area contributed by atoms with E-state index in [4.69, 9.17) is 15.2 Å². The lowest BCUT2D eigenvalue weighted by atomic mass is 10.1. The highest BCUT2D eigenvalue weighted by molar-refractivity contribution is 5.40. The second-order valence-electron chi connectivity index (χ2n) is 5.72. The van der Waals surface area contributed by atoms with Gasteiger partial charge in [-0.2, -0.15) is 0 Å². The van der Waals surface area contributed by atoms with Crippen LogP contribution in [0.2, 0.25) is 0 Å². The normalized spacial score (nSPS) is 18.0. The molecule has 2 aromatic rings. The first-order chi connectivity index (χ1) is 10.1. The van der Waals surface area contributed by atoms with Crippen molar-refractivity contribution in [3.05, 3.63) is 59.2 Å². The molecule has 3 nitrogen and oxygen atoms in total. The number of benzene rings is 2. The third-order valence-electron chi connectivity index (χ3n) is 3.80. The standard InChI is InChI=1S/C18H21NO2/c1-12-3-8-18-15(9-12)10-17(21-18)11-20-16-6-4-14(5-7-16)13(2)19/h3-9,13,17H,10-11,19H2,1-2H3/t13-,17?/m1/s1. The van der Waals surface area contributed by atoms with E-state index in [9.17, 15) is 0 Å². The van der Waals surface area contributed by atoms with Crippen LogP contribution in [0, 0.1) is 6.92 Å². The molecule has 21 heavy (non-hydrogen) atoms. The fourth-order valence-electron chi connectivity index (χ4n) is 2.60. The summed E-state index contributed by atoms with van der Waals surface area (Å²) in [5, 5.41) is 0. The number of hydrogen-bond donors (Lipinski definition) is 1. The number of rotatable bonds is 4. The van der Waals surface area contributed by atoms with Crippen molar-refractivity contribution in [2.45, 2.75) is 32.4 Å². The molecule has 3 rings (SSSR count). The molecule has 3 heteroatoms. The van der Waals surface area contributed by atoms with Crippen LogP contribution in [0.15, 0.2) is 42.5 Å². The molecule has 0 saturated carbocycles. The van der Waals surface area contributed by atoms with E-state index in [1.54, 1.807) is 0 Å². The zero-order chi connectivity index (χ0) is 14.8. The summed E-state index contributed by atoms with van der Waals surface area (Å²) in [6.07, 6.45) is 1.00. The molecule has 0 aliphatic carbocycles. The summed E-state index contributed by atoms with van der Waals surface area (Å²) in [6.45, 7) is 4.64. The molecule has 2 atom stereocenters. The summed E-state index contributed by atoms with van der Waals surface area (Å²) in [4.78, 5) is 0. The van der Waals surface area contributed by atoms with Crippen molar-refractivity contribution in [1.82, 2.24) is 0 Å². The molecule has 2 aromatic carbocycles. The molecule has 0 spiro atoms. The Kier molecular flexibility index (Phi) is 3.84. The number of ether oxygens (including phenoxy) is 2. The highest BCUT2D eigenvalue weighted by Crippen LogP contribution is 2.29. The van der Waals surface area contributed by atoms with Gasteiger partial charge in [-0.15, -0.1) is 0 Å². The minimum atomic E-state index is 0.0509. The Morgan fingerprint density at radius 1 is 1.24 bits per heavy atom. The van der Waals surface area contributed by atoms with Gasteiger partial charge in [-0.1, -0.05) is 29.8 Å². The monoisotopic (exact) mass is 283 g/mol. The summed E-state index contributed by atoms with van der Waals surface area (Å²) in [7, 11) is 0. The van der Waals surface area contributed by atoms with E-state index in [0.717, 1.165) is 23.5 Å². The molecule has 0 saturated heterocycles. The molecule has 1 aliphatic heterocycles. The van der Waals surface area contributed by atoms with Crippen molar-refractivity contribution in [3.8, 4) is 11.5 Å². The van der Waals surface area contributed by atoms with Crippen LogP contribution in [0.25, 0.3) is 0 Å². The van der Waals surface area contributed by atoms with E-state index in [-0.39, 0.29) is 12.1 Å². The Morgan fingerprint density at radius 3 is 2.71 bits per heavy atom. The van der Waals surface area contributed by atoms with Gasteiger partial charge in [0.15, 0.2) is 0 Å². The van der Waals surface area contributed by atoms with Crippen LogP contribution in [0.5, 0.6) is 11.5 Å². The molecule has 0 amide bonds. The lowest BCUT2D eigenvalue weighted by Gasteiger charge is -2.13. The molecule has 1 aliphatic rings. The van der Waals surface area contributed by atoms with Crippen LogP contribution in [-0.2, 0) is 6.42 Å². The third kappa shape index (κ3) is 3.19. The second kappa shape index (κ2) is 5.78. The predicted molar refractivity (Wildman–Crippen MR) is 83.8 cm³/mol. The highest BCUT2D eigenvalue weighted by Gasteiger charge is 2.23. The Labute approximate surface area is 125 Å². The maximum atomic E-state index is 5.90.